The van der Waals surface area contributed by atoms with E-state index in [4.69, 9.17) is 18.6 Å². The first kappa shape index (κ1) is 17.7. The van der Waals surface area contributed by atoms with Crippen molar-refractivity contribution in [3.63, 3.8) is 0 Å². The summed E-state index contributed by atoms with van der Waals surface area (Å²) in [6.45, 7) is 0. The van der Waals surface area contributed by atoms with Crippen LogP contribution in [0.4, 0.5) is 5.69 Å². The maximum atomic E-state index is 12.9. The Morgan fingerprint density at radius 2 is 1.61 bits per heavy atom. The average molecular weight is 377 g/mol. The summed E-state index contributed by atoms with van der Waals surface area (Å²) in [6, 6.07) is 16.5. The van der Waals surface area contributed by atoms with Crippen molar-refractivity contribution >= 4 is 33.5 Å². The molecule has 6 heteroatoms. The highest BCUT2D eigenvalue weighted by molar-refractivity contribution is 6.11. The number of fused-ring (bicyclic) bond motifs is 3. The van der Waals surface area contributed by atoms with E-state index in [0.717, 1.165) is 16.4 Å². The van der Waals surface area contributed by atoms with Gasteiger partial charge in [-0.25, -0.2) is 0 Å². The maximum absolute atomic E-state index is 12.9. The number of hydrogen-bond donors (Lipinski definition) is 1. The molecule has 0 atom stereocenters. The summed E-state index contributed by atoms with van der Waals surface area (Å²) in [6.07, 6.45) is 0. The van der Waals surface area contributed by atoms with Crippen molar-refractivity contribution in [2.45, 2.75) is 0 Å². The standard InChI is InChI=1S/C22H19NO5/c1-25-18-10-6-8-14(21(18)27-3)22(24)23-16-12-19-15(11-20(16)26-2)13-7-4-5-9-17(13)28-19/h4-12H,1-3H3,(H,23,24). The number of para-hydroxylation sites is 2. The van der Waals surface area contributed by atoms with Gasteiger partial charge < -0.3 is 23.9 Å². The van der Waals surface area contributed by atoms with Crippen molar-refractivity contribution in [3.8, 4) is 17.2 Å². The van der Waals surface area contributed by atoms with Crippen molar-refractivity contribution in [1.82, 2.24) is 0 Å². The Morgan fingerprint density at radius 3 is 2.36 bits per heavy atom. The Kier molecular flexibility index (Phi) is 4.53. The van der Waals surface area contributed by atoms with Crippen molar-refractivity contribution in [2.24, 2.45) is 0 Å². The number of anilines is 1. The highest BCUT2D eigenvalue weighted by atomic mass is 16.5. The largest absolute Gasteiger partial charge is 0.495 e. The van der Waals surface area contributed by atoms with Crippen LogP contribution in [0, 0.1) is 0 Å². The molecule has 0 spiro atoms. The molecule has 0 aliphatic carbocycles. The quantitative estimate of drug-likeness (QED) is 0.538. The predicted molar refractivity (Wildman–Crippen MR) is 108 cm³/mol. The lowest BCUT2D eigenvalue weighted by Gasteiger charge is -2.14. The van der Waals surface area contributed by atoms with E-state index in [1.165, 1.54) is 14.2 Å². The zero-order chi connectivity index (χ0) is 19.7. The van der Waals surface area contributed by atoms with E-state index in [-0.39, 0.29) is 5.91 Å². The number of benzene rings is 3. The van der Waals surface area contributed by atoms with E-state index in [1.807, 2.05) is 30.3 Å². The molecule has 0 saturated heterocycles. The molecule has 1 amide bonds. The van der Waals surface area contributed by atoms with E-state index in [1.54, 1.807) is 31.4 Å². The number of methoxy groups -OCH3 is 3. The fourth-order valence-electron chi connectivity index (χ4n) is 3.27. The minimum absolute atomic E-state index is 0.343. The van der Waals surface area contributed by atoms with Crippen LogP contribution in [-0.4, -0.2) is 27.2 Å². The monoisotopic (exact) mass is 377 g/mol. The molecule has 6 nitrogen and oxygen atoms in total. The molecule has 28 heavy (non-hydrogen) atoms. The van der Waals surface area contributed by atoms with Crippen molar-refractivity contribution < 1.29 is 23.4 Å². The lowest BCUT2D eigenvalue weighted by atomic mass is 10.1. The minimum Gasteiger partial charge on any atom is -0.495 e. The summed E-state index contributed by atoms with van der Waals surface area (Å²) in [5.41, 5.74) is 2.30. The van der Waals surface area contributed by atoms with E-state index >= 15 is 0 Å². The van der Waals surface area contributed by atoms with Crippen molar-refractivity contribution in [2.75, 3.05) is 26.6 Å². The van der Waals surface area contributed by atoms with Crippen molar-refractivity contribution in [3.05, 3.63) is 60.2 Å². The molecule has 0 aliphatic rings. The molecule has 4 rings (SSSR count). The van der Waals surface area contributed by atoms with Gasteiger partial charge in [0.25, 0.3) is 5.91 Å². The van der Waals surface area contributed by atoms with Crippen LogP contribution in [0.1, 0.15) is 10.4 Å². The molecular weight excluding hydrogens is 358 g/mol. The normalized spacial score (nSPS) is 10.8. The number of rotatable bonds is 5. The van der Waals surface area contributed by atoms with Gasteiger partial charge in [-0.15, -0.1) is 0 Å². The van der Waals surface area contributed by atoms with Crippen LogP contribution in [0.15, 0.2) is 59.0 Å². The van der Waals surface area contributed by atoms with Gasteiger partial charge in [-0.1, -0.05) is 24.3 Å². The Morgan fingerprint density at radius 1 is 0.821 bits per heavy atom. The van der Waals surface area contributed by atoms with Crippen LogP contribution < -0.4 is 19.5 Å². The Hall–Kier alpha value is -3.67. The summed E-state index contributed by atoms with van der Waals surface area (Å²) in [4.78, 5) is 12.9. The SMILES string of the molecule is COc1cc2c(cc1NC(=O)c1cccc(OC)c1OC)oc1ccccc12. The van der Waals surface area contributed by atoms with Crippen LogP contribution in [-0.2, 0) is 0 Å². The average Bonchev–Trinajstić information content (AvgIpc) is 3.09. The van der Waals surface area contributed by atoms with Gasteiger partial charge >= 0.3 is 0 Å². The van der Waals surface area contributed by atoms with Gasteiger partial charge in [0.2, 0.25) is 0 Å². The summed E-state index contributed by atoms with van der Waals surface area (Å²) in [5.74, 6) is 1.04. The second kappa shape index (κ2) is 7.15. The van der Waals surface area contributed by atoms with Crippen LogP contribution in [0.3, 0.4) is 0 Å². The number of ether oxygens (including phenoxy) is 3. The van der Waals surface area contributed by atoms with E-state index < -0.39 is 0 Å². The summed E-state index contributed by atoms with van der Waals surface area (Å²) >= 11 is 0. The highest BCUT2D eigenvalue weighted by Crippen LogP contribution is 2.37. The van der Waals surface area contributed by atoms with Crippen LogP contribution in [0.25, 0.3) is 21.9 Å². The molecule has 0 aliphatic heterocycles. The smallest absolute Gasteiger partial charge is 0.259 e. The molecule has 0 unspecified atom stereocenters. The molecule has 0 fully saturated rings. The van der Waals surface area contributed by atoms with Gasteiger partial charge in [0.15, 0.2) is 11.5 Å². The maximum Gasteiger partial charge on any atom is 0.259 e. The molecule has 1 aromatic heterocycles. The second-order valence-corrected chi connectivity index (χ2v) is 6.14. The van der Waals surface area contributed by atoms with E-state index in [2.05, 4.69) is 5.32 Å². The summed E-state index contributed by atoms with van der Waals surface area (Å²) < 4.78 is 22.0. The lowest BCUT2D eigenvalue weighted by Crippen LogP contribution is -2.14. The lowest BCUT2D eigenvalue weighted by molar-refractivity contribution is 0.102. The molecule has 1 heterocycles. The summed E-state index contributed by atoms with van der Waals surface area (Å²) in [7, 11) is 4.58. The molecule has 0 radical (unpaired) electrons. The molecule has 0 saturated carbocycles. The number of carbonyl (C=O) groups excluding carboxylic acids is 1. The Balaban J connectivity index is 1.77. The Bertz CT molecular complexity index is 1180. The Labute approximate surface area is 161 Å². The van der Waals surface area contributed by atoms with E-state index in [0.29, 0.717) is 34.1 Å². The first-order valence-electron chi connectivity index (χ1n) is 8.68. The molecular formula is C22H19NO5. The first-order valence-corrected chi connectivity index (χ1v) is 8.68. The van der Waals surface area contributed by atoms with Gasteiger partial charge in [0.1, 0.15) is 16.9 Å². The van der Waals surface area contributed by atoms with Gasteiger partial charge in [0.05, 0.1) is 32.6 Å². The zero-order valence-corrected chi connectivity index (χ0v) is 15.7. The molecule has 0 bridgehead atoms. The van der Waals surface area contributed by atoms with Crippen LogP contribution in [0.5, 0.6) is 17.2 Å². The first-order chi connectivity index (χ1) is 13.7. The molecule has 4 aromatic rings. The molecule has 1 N–H and O–H groups in total. The van der Waals surface area contributed by atoms with E-state index in [9.17, 15) is 4.79 Å². The van der Waals surface area contributed by atoms with Gasteiger partial charge in [-0.05, 0) is 24.3 Å². The minimum atomic E-state index is -0.343. The fourth-order valence-corrected chi connectivity index (χ4v) is 3.27. The topological polar surface area (TPSA) is 69.9 Å². The predicted octanol–water partition coefficient (Wildman–Crippen LogP) is 4.86. The van der Waals surface area contributed by atoms with Gasteiger partial charge in [-0.2, -0.15) is 0 Å². The summed E-state index contributed by atoms with van der Waals surface area (Å²) in [5, 5.41) is 4.79. The van der Waals surface area contributed by atoms with Gasteiger partial charge in [-0.3, -0.25) is 4.79 Å². The second-order valence-electron chi connectivity index (χ2n) is 6.14. The third-order valence-electron chi connectivity index (χ3n) is 4.59. The molecule has 142 valence electrons. The number of amides is 1. The number of nitrogens with one attached hydrogen (secondary N) is 1. The third-order valence-corrected chi connectivity index (χ3v) is 4.59. The molecule has 3 aromatic carbocycles. The number of hydrogen-bond acceptors (Lipinski definition) is 5. The highest BCUT2D eigenvalue weighted by Gasteiger charge is 2.19. The van der Waals surface area contributed by atoms with Crippen LogP contribution >= 0.6 is 0 Å². The zero-order valence-electron chi connectivity index (χ0n) is 15.7. The number of carbonyl (C=O) groups is 1. The number of furan rings is 1. The fraction of sp³-hybridized carbons (Fsp3) is 0.136. The van der Waals surface area contributed by atoms with Gasteiger partial charge in [0, 0.05) is 16.8 Å². The third kappa shape index (κ3) is 2.89. The van der Waals surface area contributed by atoms with Crippen LogP contribution in [0.2, 0.25) is 0 Å². The van der Waals surface area contributed by atoms with Crippen molar-refractivity contribution in [1.29, 1.82) is 0 Å².